The Morgan fingerprint density at radius 3 is 2.53 bits per heavy atom. The molecule has 0 aliphatic rings. The second kappa shape index (κ2) is 5.59. The van der Waals surface area contributed by atoms with E-state index >= 15 is 0 Å². The standard InChI is InChI=1S/C9H11NO4S/c11-9(12)8(10-15(13)14)6-7-4-2-1-3-5-7/h1-5,8,10H,6H2,(H,11,12)(H,13,14)/p-1. The summed E-state index contributed by atoms with van der Waals surface area (Å²) < 4.78 is 22.6. The van der Waals surface area contributed by atoms with Crippen LogP contribution in [0.1, 0.15) is 5.56 Å². The SMILES string of the molecule is O=C(O)C(Cc1ccccc1)NS(=O)[O-]. The van der Waals surface area contributed by atoms with Crippen molar-refractivity contribution in [2.45, 2.75) is 12.5 Å². The van der Waals surface area contributed by atoms with Gasteiger partial charge in [0.15, 0.2) is 0 Å². The first-order valence-electron chi connectivity index (χ1n) is 4.22. The average molecular weight is 228 g/mol. The van der Waals surface area contributed by atoms with Gasteiger partial charge in [0.1, 0.15) is 6.04 Å². The van der Waals surface area contributed by atoms with Crippen molar-refractivity contribution in [3.8, 4) is 0 Å². The first kappa shape index (κ1) is 11.8. The zero-order valence-corrected chi connectivity index (χ0v) is 8.57. The summed E-state index contributed by atoms with van der Waals surface area (Å²) in [6.45, 7) is 0. The molecule has 0 aliphatic heterocycles. The van der Waals surface area contributed by atoms with Crippen molar-refractivity contribution >= 4 is 17.2 Å². The second-order valence-electron chi connectivity index (χ2n) is 2.93. The molecule has 0 amide bonds. The fourth-order valence-electron chi connectivity index (χ4n) is 1.15. The Kier molecular flexibility index (Phi) is 4.41. The van der Waals surface area contributed by atoms with Crippen LogP contribution >= 0.6 is 0 Å². The van der Waals surface area contributed by atoms with E-state index in [0.29, 0.717) is 0 Å². The molecule has 2 unspecified atom stereocenters. The van der Waals surface area contributed by atoms with Crippen LogP contribution in [-0.4, -0.2) is 25.9 Å². The van der Waals surface area contributed by atoms with Crippen LogP contribution in [0.3, 0.4) is 0 Å². The van der Waals surface area contributed by atoms with Gasteiger partial charge >= 0.3 is 5.97 Å². The highest BCUT2D eigenvalue weighted by Gasteiger charge is 2.17. The van der Waals surface area contributed by atoms with E-state index in [2.05, 4.69) is 0 Å². The Morgan fingerprint density at radius 2 is 2.07 bits per heavy atom. The van der Waals surface area contributed by atoms with Crippen molar-refractivity contribution in [1.29, 1.82) is 0 Å². The van der Waals surface area contributed by atoms with Crippen LogP contribution in [-0.2, 0) is 22.5 Å². The summed E-state index contributed by atoms with van der Waals surface area (Å²) in [5.74, 6) is -1.19. The molecule has 0 aromatic heterocycles. The van der Waals surface area contributed by atoms with Gasteiger partial charge in [-0.3, -0.25) is 9.00 Å². The van der Waals surface area contributed by atoms with Gasteiger partial charge in [-0.2, -0.15) is 0 Å². The van der Waals surface area contributed by atoms with Gasteiger partial charge in [0, 0.05) is 11.3 Å². The second-order valence-corrected chi connectivity index (χ2v) is 3.64. The third kappa shape index (κ3) is 4.20. The number of carboxylic acid groups (broad SMARTS) is 1. The number of nitrogens with one attached hydrogen (secondary N) is 1. The Hall–Kier alpha value is -1.24. The maximum absolute atomic E-state index is 10.7. The van der Waals surface area contributed by atoms with Gasteiger partial charge < -0.3 is 9.66 Å². The number of hydrogen-bond donors (Lipinski definition) is 2. The molecule has 2 N–H and O–H groups in total. The normalized spacial score (nSPS) is 14.5. The Bertz CT molecular complexity index is 354. The van der Waals surface area contributed by atoms with Crippen molar-refractivity contribution in [3.05, 3.63) is 35.9 Å². The first-order chi connectivity index (χ1) is 7.09. The molecule has 0 aliphatic carbocycles. The van der Waals surface area contributed by atoms with Crippen LogP contribution < -0.4 is 4.72 Å². The monoisotopic (exact) mass is 228 g/mol. The molecule has 0 saturated heterocycles. The van der Waals surface area contributed by atoms with Gasteiger partial charge in [-0.1, -0.05) is 30.3 Å². The number of aliphatic carboxylic acids is 1. The maximum Gasteiger partial charge on any atom is 0.321 e. The van der Waals surface area contributed by atoms with Gasteiger partial charge in [0.05, 0.1) is 0 Å². The van der Waals surface area contributed by atoms with Gasteiger partial charge in [-0.25, -0.2) is 4.72 Å². The summed E-state index contributed by atoms with van der Waals surface area (Å²) >= 11 is -2.57. The zero-order valence-electron chi connectivity index (χ0n) is 7.75. The molecular formula is C9H10NO4S-. The quantitative estimate of drug-likeness (QED) is 0.698. The topological polar surface area (TPSA) is 89.5 Å². The van der Waals surface area contributed by atoms with E-state index in [1.54, 1.807) is 30.3 Å². The lowest BCUT2D eigenvalue weighted by Gasteiger charge is -2.15. The molecule has 1 aromatic carbocycles. The van der Waals surface area contributed by atoms with Crippen molar-refractivity contribution in [3.63, 3.8) is 0 Å². The Morgan fingerprint density at radius 1 is 1.47 bits per heavy atom. The summed E-state index contributed by atoms with van der Waals surface area (Å²) in [4.78, 5) is 10.7. The fourth-order valence-corrected chi connectivity index (χ4v) is 1.56. The van der Waals surface area contributed by atoms with E-state index in [-0.39, 0.29) is 6.42 Å². The predicted molar refractivity (Wildman–Crippen MR) is 53.6 cm³/mol. The molecular weight excluding hydrogens is 218 g/mol. The summed E-state index contributed by atoms with van der Waals surface area (Å²) in [6.07, 6.45) is 0.129. The molecule has 6 heteroatoms. The van der Waals surface area contributed by atoms with Gasteiger partial charge in [-0.05, 0) is 12.0 Å². The summed E-state index contributed by atoms with van der Waals surface area (Å²) in [6, 6.07) is 7.70. The molecule has 0 radical (unpaired) electrons. The van der Waals surface area contributed by atoms with Gasteiger partial charge in [0.2, 0.25) is 0 Å². The minimum Gasteiger partial charge on any atom is -0.760 e. The van der Waals surface area contributed by atoms with Crippen LogP contribution in [0.5, 0.6) is 0 Å². The molecule has 1 rings (SSSR count). The number of carbonyl (C=O) groups is 1. The largest absolute Gasteiger partial charge is 0.760 e. The van der Waals surface area contributed by atoms with Crippen molar-refractivity contribution in [1.82, 2.24) is 4.72 Å². The van der Waals surface area contributed by atoms with Gasteiger partial charge in [0.25, 0.3) is 0 Å². The number of hydrogen-bond acceptors (Lipinski definition) is 3. The van der Waals surface area contributed by atoms with Crippen LogP contribution in [0.25, 0.3) is 0 Å². The summed E-state index contributed by atoms with van der Waals surface area (Å²) in [5.41, 5.74) is 0.767. The lowest BCUT2D eigenvalue weighted by molar-refractivity contribution is -0.138. The highest BCUT2D eigenvalue weighted by Crippen LogP contribution is 2.03. The molecule has 0 spiro atoms. The summed E-state index contributed by atoms with van der Waals surface area (Å²) in [5, 5.41) is 8.75. The smallest absolute Gasteiger partial charge is 0.321 e. The Labute approximate surface area is 89.5 Å². The lowest BCUT2D eigenvalue weighted by Crippen LogP contribution is -2.39. The van der Waals surface area contributed by atoms with E-state index in [0.717, 1.165) is 5.56 Å². The predicted octanol–water partition coefficient (Wildman–Crippen LogP) is 0.0660. The van der Waals surface area contributed by atoms with E-state index in [4.69, 9.17) is 5.11 Å². The molecule has 5 nitrogen and oxygen atoms in total. The number of carboxylic acids is 1. The van der Waals surface area contributed by atoms with E-state index < -0.39 is 23.3 Å². The molecule has 15 heavy (non-hydrogen) atoms. The van der Waals surface area contributed by atoms with Crippen molar-refractivity contribution < 1.29 is 18.7 Å². The number of rotatable bonds is 5. The fraction of sp³-hybridized carbons (Fsp3) is 0.222. The minimum atomic E-state index is -2.57. The molecule has 0 fully saturated rings. The van der Waals surface area contributed by atoms with Crippen molar-refractivity contribution in [2.75, 3.05) is 0 Å². The summed E-state index contributed by atoms with van der Waals surface area (Å²) in [7, 11) is 0. The average Bonchev–Trinajstić information content (AvgIpc) is 2.17. The Balaban J connectivity index is 2.67. The maximum atomic E-state index is 10.7. The van der Waals surface area contributed by atoms with E-state index in [1.807, 2.05) is 4.72 Å². The molecule has 82 valence electrons. The third-order valence-electron chi connectivity index (χ3n) is 1.82. The highest BCUT2D eigenvalue weighted by molar-refractivity contribution is 7.77. The highest BCUT2D eigenvalue weighted by atomic mass is 32.2. The van der Waals surface area contributed by atoms with Gasteiger partial charge in [-0.15, -0.1) is 0 Å². The molecule has 0 saturated carbocycles. The molecule has 1 aromatic rings. The minimum absolute atomic E-state index is 0.129. The number of benzene rings is 1. The molecule has 0 heterocycles. The molecule has 0 bridgehead atoms. The van der Waals surface area contributed by atoms with E-state index in [9.17, 15) is 13.6 Å². The van der Waals surface area contributed by atoms with Crippen LogP contribution in [0, 0.1) is 0 Å². The van der Waals surface area contributed by atoms with Crippen LogP contribution in [0.4, 0.5) is 0 Å². The zero-order chi connectivity index (χ0) is 11.3. The van der Waals surface area contributed by atoms with Crippen molar-refractivity contribution in [2.24, 2.45) is 0 Å². The lowest BCUT2D eigenvalue weighted by atomic mass is 10.1. The van der Waals surface area contributed by atoms with Crippen LogP contribution in [0.15, 0.2) is 30.3 Å². The first-order valence-corrected chi connectivity index (χ1v) is 5.29. The third-order valence-corrected chi connectivity index (χ3v) is 2.30. The van der Waals surface area contributed by atoms with Crippen LogP contribution in [0.2, 0.25) is 0 Å². The molecule has 2 atom stereocenters. The van der Waals surface area contributed by atoms with E-state index in [1.165, 1.54) is 0 Å².